The number of aliphatic imine (C=N–C) groups is 1. The van der Waals surface area contributed by atoms with Crippen LogP contribution in [0.2, 0.25) is 5.02 Å². The number of imide groups is 1. The predicted molar refractivity (Wildman–Crippen MR) is 220 cm³/mol. The molecule has 1 unspecified atom stereocenters. The van der Waals surface area contributed by atoms with Crippen LogP contribution in [0.5, 0.6) is 0 Å². The van der Waals surface area contributed by atoms with Crippen molar-refractivity contribution in [3.05, 3.63) is 118 Å². The second kappa shape index (κ2) is 15.4. The van der Waals surface area contributed by atoms with Crippen molar-refractivity contribution in [2.24, 2.45) is 4.99 Å². The maximum Gasteiger partial charge on any atom is 0.261 e. The number of aliphatic hydroxyl groups is 1. The molecule has 296 valence electrons. The number of halogens is 1. The zero-order valence-electron chi connectivity index (χ0n) is 32.1. The van der Waals surface area contributed by atoms with Gasteiger partial charge in [-0.2, -0.15) is 5.10 Å². The Morgan fingerprint density at radius 3 is 2.55 bits per heavy atom. The number of hydrogen-bond acceptors (Lipinski definition) is 10. The van der Waals surface area contributed by atoms with Crippen LogP contribution in [0.25, 0.3) is 27.7 Å². The maximum atomic E-state index is 13.3. The van der Waals surface area contributed by atoms with Gasteiger partial charge in [-0.15, -0.1) is 10.2 Å². The minimum absolute atomic E-state index is 0.184. The topological polar surface area (TPSA) is 165 Å². The Morgan fingerprint density at radius 2 is 1.74 bits per heavy atom. The van der Waals surface area contributed by atoms with Gasteiger partial charge in [-0.1, -0.05) is 42.6 Å². The first kappa shape index (κ1) is 37.6. The Hall–Kier alpha value is -5.99. The number of fused-ring (bicyclic) bond motifs is 4. The highest BCUT2D eigenvalue weighted by Gasteiger charge is 2.33. The second-order valence-corrected chi connectivity index (χ2v) is 16.0. The highest BCUT2D eigenvalue weighted by Crippen LogP contribution is 2.34. The molecule has 14 nitrogen and oxygen atoms in total. The van der Waals surface area contributed by atoms with E-state index in [1.807, 2.05) is 58.8 Å². The van der Waals surface area contributed by atoms with E-state index in [4.69, 9.17) is 16.6 Å². The third-order valence-corrected chi connectivity index (χ3v) is 12.0. The van der Waals surface area contributed by atoms with E-state index < -0.39 is 17.6 Å². The maximum absolute atomic E-state index is 13.3. The quantitative estimate of drug-likeness (QED) is 0.125. The van der Waals surface area contributed by atoms with Gasteiger partial charge in [0.1, 0.15) is 18.4 Å². The lowest BCUT2D eigenvalue weighted by Gasteiger charge is -2.39. The molecule has 3 aromatic heterocycles. The van der Waals surface area contributed by atoms with Gasteiger partial charge in [-0.05, 0) is 87.1 Å². The molecule has 0 radical (unpaired) electrons. The average molecular weight is 799 g/mol. The molecule has 58 heavy (non-hydrogen) atoms. The highest BCUT2D eigenvalue weighted by atomic mass is 35.5. The fraction of sp³-hybridized carbons (Fsp3) is 0.349. The summed E-state index contributed by atoms with van der Waals surface area (Å²) in [4.78, 5) is 49.0. The fourth-order valence-electron chi connectivity index (χ4n) is 8.45. The summed E-state index contributed by atoms with van der Waals surface area (Å²) in [5, 5.41) is 28.1. The van der Waals surface area contributed by atoms with Crippen molar-refractivity contribution in [1.29, 1.82) is 0 Å². The number of nitrogens with zero attached hydrogens (tertiary/aromatic N) is 9. The van der Waals surface area contributed by atoms with Gasteiger partial charge in [-0.3, -0.25) is 38.5 Å². The normalized spacial score (nSPS) is 19.0. The van der Waals surface area contributed by atoms with Gasteiger partial charge in [0.25, 0.3) is 5.56 Å². The number of benzene rings is 3. The van der Waals surface area contributed by atoms with Crippen LogP contribution in [0.15, 0.2) is 95.5 Å². The van der Waals surface area contributed by atoms with Gasteiger partial charge < -0.3 is 10.0 Å². The number of piperidine rings is 2. The van der Waals surface area contributed by atoms with E-state index in [1.54, 1.807) is 12.4 Å². The molecule has 0 saturated carbocycles. The molecule has 2 saturated heterocycles. The molecule has 2 amide bonds. The molecule has 2 fully saturated rings. The zero-order chi connectivity index (χ0) is 40.0. The van der Waals surface area contributed by atoms with Crippen molar-refractivity contribution in [1.82, 2.24) is 39.4 Å². The molecule has 0 aliphatic carbocycles. The smallest absolute Gasteiger partial charge is 0.261 e. The molecule has 2 atom stereocenters. The second-order valence-electron chi connectivity index (χ2n) is 15.6. The van der Waals surface area contributed by atoms with Crippen molar-refractivity contribution < 1.29 is 14.7 Å². The lowest BCUT2D eigenvalue weighted by molar-refractivity contribution is -0.135. The first-order chi connectivity index (χ1) is 28.1. The van der Waals surface area contributed by atoms with Crippen LogP contribution in [-0.2, 0) is 16.1 Å². The summed E-state index contributed by atoms with van der Waals surface area (Å²) in [6.45, 7) is 4.20. The van der Waals surface area contributed by atoms with Gasteiger partial charge in [0.15, 0.2) is 5.82 Å². The molecule has 9 rings (SSSR count). The van der Waals surface area contributed by atoms with Crippen LogP contribution in [0, 0.1) is 0 Å². The third-order valence-electron chi connectivity index (χ3n) is 11.8. The molecular formula is C43H43ClN10O4. The number of hydrogen-bond donors (Lipinski definition) is 2. The summed E-state index contributed by atoms with van der Waals surface area (Å²) >= 11 is 6.23. The number of carbonyl (C=O) groups is 2. The van der Waals surface area contributed by atoms with E-state index >= 15 is 0 Å². The van der Waals surface area contributed by atoms with E-state index in [2.05, 4.69) is 54.9 Å². The van der Waals surface area contributed by atoms with Gasteiger partial charge in [0.05, 0.1) is 40.4 Å². The minimum atomic E-state index is -0.751. The Balaban J connectivity index is 0.788. The molecule has 0 bridgehead atoms. The minimum Gasteiger partial charge on any atom is -0.390 e. The molecule has 0 spiro atoms. The molecule has 3 aliphatic rings. The van der Waals surface area contributed by atoms with Gasteiger partial charge in [0.2, 0.25) is 11.8 Å². The average Bonchev–Trinajstić information content (AvgIpc) is 3.90. The van der Waals surface area contributed by atoms with Crippen molar-refractivity contribution >= 4 is 45.7 Å². The molecule has 15 heteroatoms. The van der Waals surface area contributed by atoms with Crippen LogP contribution in [-0.4, -0.2) is 75.4 Å². The van der Waals surface area contributed by atoms with E-state index in [9.17, 15) is 19.5 Å². The van der Waals surface area contributed by atoms with Gasteiger partial charge >= 0.3 is 0 Å². The van der Waals surface area contributed by atoms with Crippen LogP contribution in [0.3, 0.4) is 0 Å². The molecule has 2 N–H and O–H groups in total. The number of nitrogens with one attached hydrogen (secondary N) is 1. The number of rotatable bonds is 10. The van der Waals surface area contributed by atoms with Crippen LogP contribution in [0.1, 0.15) is 87.3 Å². The summed E-state index contributed by atoms with van der Waals surface area (Å²) < 4.78 is 5.32. The van der Waals surface area contributed by atoms with Crippen LogP contribution in [0.4, 0.5) is 5.69 Å². The Kier molecular flexibility index (Phi) is 9.98. The van der Waals surface area contributed by atoms with E-state index in [0.717, 1.165) is 77.4 Å². The van der Waals surface area contributed by atoms with E-state index in [-0.39, 0.29) is 30.3 Å². The largest absolute Gasteiger partial charge is 0.390 e. The van der Waals surface area contributed by atoms with Crippen LogP contribution >= 0.6 is 11.6 Å². The summed E-state index contributed by atoms with van der Waals surface area (Å²) in [5.41, 5.74) is 6.33. The molecule has 6 heterocycles. The summed E-state index contributed by atoms with van der Waals surface area (Å²) in [6, 6.07) is 18.7. The third kappa shape index (κ3) is 7.33. The SMILES string of the molecule is C[C@@H]1N=C(c2ccc(Cl)cc2)c2cc(-c3cnn(CCCCCC4(O)CCN(c5ccc6c(=O)n(C7CCC(=O)NC7=O)cnc6c5)CC4)c3)ccc2-n2cnnc21. The van der Waals surface area contributed by atoms with Crippen molar-refractivity contribution in [3.8, 4) is 16.8 Å². The lowest BCUT2D eigenvalue weighted by atomic mass is 9.86. The standard InChI is InChI=1S/C43H43ClN10O4/c1-27-40-50-46-26-53(40)36-12-7-29(21-34(36)39(48-27)28-5-8-31(44)9-6-28)30-23-47-52(24-30)18-4-2-3-15-43(58)16-19-51(20-17-43)32-10-11-33-35(22-32)45-25-54(42(33)57)37-13-14-38(55)49-41(37)56/h5-12,21-27,37,58H,2-4,13-20H2,1H3,(H,49,55,56)/t27-,37?/m0/s1. The predicted octanol–water partition coefficient (Wildman–Crippen LogP) is 5.98. The van der Waals surface area contributed by atoms with Gasteiger partial charge in [-0.25, -0.2) is 4.98 Å². The highest BCUT2D eigenvalue weighted by molar-refractivity contribution is 6.30. The van der Waals surface area contributed by atoms with Crippen molar-refractivity contribution in [2.45, 2.75) is 82.5 Å². The number of amides is 2. The monoisotopic (exact) mass is 798 g/mol. The van der Waals surface area contributed by atoms with E-state index in [0.29, 0.717) is 41.9 Å². The Bertz CT molecular complexity index is 2620. The zero-order valence-corrected chi connectivity index (χ0v) is 32.8. The van der Waals surface area contributed by atoms with E-state index in [1.165, 1.54) is 10.9 Å². The summed E-state index contributed by atoms with van der Waals surface area (Å²) in [5.74, 6) is -0.0245. The molecule has 3 aliphatic heterocycles. The molecule has 3 aromatic carbocycles. The molecular weight excluding hydrogens is 756 g/mol. The van der Waals surface area contributed by atoms with Crippen molar-refractivity contribution in [3.63, 3.8) is 0 Å². The first-order valence-electron chi connectivity index (χ1n) is 19.9. The van der Waals surface area contributed by atoms with Crippen molar-refractivity contribution in [2.75, 3.05) is 18.0 Å². The van der Waals surface area contributed by atoms with Crippen LogP contribution < -0.4 is 15.8 Å². The first-order valence-corrected chi connectivity index (χ1v) is 20.2. The number of unbranched alkanes of at least 4 members (excludes halogenated alkanes) is 2. The number of anilines is 1. The Labute approximate surface area is 339 Å². The lowest BCUT2D eigenvalue weighted by Crippen LogP contribution is -2.44. The number of aromatic nitrogens is 7. The number of aryl methyl sites for hydroxylation is 1. The fourth-order valence-corrected chi connectivity index (χ4v) is 8.58. The summed E-state index contributed by atoms with van der Waals surface area (Å²) in [6.07, 6.45) is 12.5. The van der Waals surface area contributed by atoms with Gasteiger partial charge in [0, 0.05) is 59.7 Å². The summed E-state index contributed by atoms with van der Waals surface area (Å²) in [7, 11) is 0. The Morgan fingerprint density at radius 1 is 0.931 bits per heavy atom. The number of carbonyl (C=O) groups excluding carboxylic acids is 2. The molecule has 6 aromatic rings.